The van der Waals surface area contributed by atoms with Crippen LogP contribution in [0.15, 0.2) is 24.0 Å². The Morgan fingerprint density at radius 3 is 2.75 bits per heavy atom. The van der Waals surface area contributed by atoms with Gasteiger partial charge in [-0.2, -0.15) is 0 Å². The molecule has 1 aromatic heterocycles. The van der Waals surface area contributed by atoms with Crippen LogP contribution < -0.4 is 11.3 Å². The molecule has 0 saturated carbocycles. The van der Waals surface area contributed by atoms with E-state index in [9.17, 15) is 0 Å². The topological polar surface area (TPSA) is 63.8 Å². The molecule has 1 aliphatic carbocycles. The first-order valence-corrected chi connectivity index (χ1v) is 5.75. The second kappa shape index (κ2) is 5.18. The van der Waals surface area contributed by atoms with Crippen LogP contribution >= 0.6 is 0 Å². The van der Waals surface area contributed by atoms with Crippen LogP contribution in [0.5, 0.6) is 0 Å². The monoisotopic (exact) mass is 218 g/mol. The molecule has 0 aromatic carbocycles. The van der Waals surface area contributed by atoms with Crippen molar-refractivity contribution in [2.24, 2.45) is 5.84 Å². The van der Waals surface area contributed by atoms with Crippen LogP contribution in [0.2, 0.25) is 0 Å². The highest BCUT2D eigenvalue weighted by Gasteiger charge is 2.18. The smallest absolute Gasteiger partial charge is 0.0857 e. The third-order valence-corrected chi connectivity index (χ3v) is 2.96. The van der Waals surface area contributed by atoms with Crippen molar-refractivity contribution in [3.8, 4) is 0 Å². The van der Waals surface area contributed by atoms with E-state index in [1.165, 1.54) is 18.4 Å². The van der Waals surface area contributed by atoms with Gasteiger partial charge in [-0.3, -0.25) is 15.8 Å². The molecule has 3 N–H and O–H groups in total. The van der Waals surface area contributed by atoms with Gasteiger partial charge in [0.05, 0.1) is 23.6 Å². The number of nitrogens with two attached hydrogens (primary N) is 1. The predicted molar refractivity (Wildman–Crippen MR) is 63.4 cm³/mol. The van der Waals surface area contributed by atoms with Crippen molar-refractivity contribution in [1.82, 2.24) is 15.4 Å². The highest BCUT2D eigenvalue weighted by atomic mass is 15.2. The molecular weight excluding hydrogens is 200 g/mol. The highest BCUT2D eigenvalue weighted by molar-refractivity contribution is 5.22. The van der Waals surface area contributed by atoms with Gasteiger partial charge < -0.3 is 0 Å². The summed E-state index contributed by atoms with van der Waals surface area (Å²) >= 11 is 0. The number of aromatic nitrogens is 2. The van der Waals surface area contributed by atoms with Gasteiger partial charge in [0.15, 0.2) is 0 Å². The van der Waals surface area contributed by atoms with Crippen molar-refractivity contribution >= 4 is 0 Å². The number of aryl methyl sites for hydroxylation is 1. The lowest BCUT2D eigenvalue weighted by Gasteiger charge is -2.21. The van der Waals surface area contributed by atoms with E-state index >= 15 is 0 Å². The van der Waals surface area contributed by atoms with Gasteiger partial charge in [0.25, 0.3) is 0 Å². The molecule has 1 aromatic rings. The van der Waals surface area contributed by atoms with Gasteiger partial charge in [-0.05, 0) is 38.2 Å². The number of rotatable bonds is 3. The number of nitrogens with one attached hydrogen (secondary N) is 1. The summed E-state index contributed by atoms with van der Waals surface area (Å²) in [5.74, 6) is 5.62. The summed E-state index contributed by atoms with van der Waals surface area (Å²) in [6, 6.07) is 0.0217. The molecule has 0 amide bonds. The molecule has 4 nitrogen and oxygen atoms in total. The van der Waals surface area contributed by atoms with Crippen molar-refractivity contribution in [3.05, 3.63) is 35.4 Å². The van der Waals surface area contributed by atoms with Crippen LogP contribution in [-0.4, -0.2) is 9.97 Å². The maximum absolute atomic E-state index is 5.62. The van der Waals surface area contributed by atoms with E-state index in [1.54, 1.807) is 12.4 Å². The molecule has 0 bridgehead atoms. The first-order chi connectivity index (χ1) is 7.81. The van der Waals surface area contributed by atoms with Crippen LogP contribution in [0.1, 0.15) is 43.1 Å². The minimum atomic E-state index is 0.0217. The van der Waals surface area contributed by atoms with E-state index in [1.807, 2.05) is 6.92 Å². The van der Waals surface area contributed by atoms with Crippen molar-refractivity contribution in [2.75, 3.05) is 0 Å². The number of hydrogen-bond donors (Lipinski definition) is 2. The number of nitrogens with zero attached hydrogens (tertiary/aromatic N) is 2. The molecule has 86 valence electrons. The van der Waals surface area contributed by atoms with E-state index in [0.29, 0.717) is 0 Å². The van der Waals surface area contributed by atoms with Gasteiger partial charge in [0.2, 0.25) is 0 Å². The van der Waals surface area contributed by atoms with Crippen molar-refractivity contribution in [3.63, 3.8) is 0 Å². The maximum atomic E-state index is 5.62. The Morgan fingerprint density at radius 2 is 2.19 bits per heavy atom. The Bertz CT molecular complexity index is 369. The standard InChI is InChI=1S/C12H18N4/c1-9-7-15-11(8-14-9)12(16-13)10-5-3-2-4-6-10/h5,7-8,12,16H,2-4,6,13H2,1H3. The fourth-order valence-electron chi connectivity index (χ4n) is 2.06. The fourth-order valence-corrected chi connectivity index (χ4v) is 2.06. The maximum Gasteiger partial charge on any atom is 0.0857 e. The lowest BCUT2D eigenvalue weighted by molar-refractivity contribution is 0.553. The average Bonchev–Trinajstić information content (AvgIpc) is 2.34. The second-order valence-electron chi connectivity index (χ2n) is 4.21. The molecule has 1 unspecified atom stereocenters. The van der Waals surface area contributed by atoms with Gasteiger partial charge >= 0.3 is 0 Å². The van der Waals surface area contributed by atoms with E-state index in [2.05, 4.69) is 21.5 Å². The lowest BCUT2D eigenvalue weighted by Crippen LogP contribution is -2.30. The summed E-state index contributed by atoms with van der Waals surface area (Å²) in [7, 11) is 0. The quantitative estimate of drug-likeness (QED) is 0.461. The minimum Gasteiger partial charge on any atom is -0.271 e. The molecule has 0 saturated heterocycles. The third-order valence-electron chi connectivity index (χ3n) is 2.96. The Balaban J connectivity index is 2.21. The number of allylic oxidation sites excluding steroid dienone is 1. The first kappa shape index (κ1) is 11.2. The summed E-state index contributed by atoms with van der Waals surface area (Å²) in [6.07, 6.45) is 10.6. The summed E-state index contributed by atoms with van der Waals surface area (Å²) in [4.78, 5) is 8.64. The van der Waals surface area contributed by atoms with Gasteiger partial charge in [-0.25, -0.2) is 5.43 Å². The average molecular weight is 218 g/mol. The third kappa shape index (κ3) is 2.46. The van der Waals surface area contributed by atoms with Crippen LogP contribution in [0.3, 0.4) is 0 Å². The predicted octanol–water partition coefficient (Wildman–Crippen LogP) is 1.79. The van der Waals surface area contributed by atoms with Gasteiger partial charge in [0, 0.05) is 6.20 Å². The number of hydrogen-bond acceptors (Lipinski definition) is 4. The van der Waals surface area contributed by atoms with Crippen molar-refractivity contribution < 1.29 is 0 Å². The van der Waals surface area contributed by atoms with E-state index < -0.39 is 0 Å². The van der Waals surface area contributed by atoms with Gasteiger partial charge in [0.1, 0.15) is 0 Å². The normalized spacial score (nSPS) is 18.0. The molecule has 1 aliphatic rings. The van der Waals surface area contributed by atoms with Crippen LogP contribution in [0.25, 0.3) is 0 Å². The van der Waals surface area contributed by atoms with E-state index in [0.717, 1.165) is 24.2 Å². The fraction of sp³-hybridized carbons (Fsp3) is 0.500. The second-order valence-corrected chi connectivity index (χ2v) is 4.21. The zero-order valence-corrected chi connectivity index (χ0v) is 9.61. The van der Waals surface area contributed by atoms with Gasteiger partial charge in [-0.1, -0.05) is 6.08 Å². The first-order valence-electron chi connectivity index (χ1n) is 5.75. The Morgan fingerprint density at radius 1 is 1.31 bits per heavy atom. The largest absolute Gasteiger partial charge is 0.271 e. The Hall–Kier alpha value is -1.26. The molecule has 0 fully saturated rings. The van der Waals surface area contributed by atoms with Crippen molar-refractivity contribution in [1.29, 1.82) is 0 Å². The number of hydrazine groups is 1. The van der Waals surface area contributed by atoms with E-state index in [4.69, 9.17) is 5.84 Å². The van der Waals surface area contributed by atoms with Crippen LogP contribution in [-0.2, 0) is 0 Å². The summed E-state index contributed by atoms with van der Waals surface area (Å²) in [5.41, 5.74) is 6.01. The lowest BCUT2D eigenvalue weighted by atomic mass is 9.93. The molecule has 0 radical (unpaired) electrons. The van der Waals surface area contributed by atoms with E-state index in [-0.39, 0.29) is 6.04 Å². The SMILES string of the molecule is Cc1cnc(C(NN)C2=CCCCC2)cn1. The molecular formula is C12H18N4. The molecule has 1 heterocycles. The van der Waals surface area contributed by atoms with Crippen molar-refractivity contribution in [2.45, 2.75) is 38.6 Å². The van der Waals surface area contributed by atoms with Crippen LogP contribution in [0.4, 0.5) is 0 Å². The molecule has 4 heteroatoms. The summed E-state index contributed by atoms with van der Waals surface area (Å²) in [5, 5.41) is 0. The molecule has 1 atom stereocenters. The highest BCUT2D eigenvalue weighted by Crippen LogP contribution is 2.27. The zero-order chi connectivity index (χ0) is 11.4. The summed E-state index contributed by atoms with van der Waals surface area (Å²) in [6.45, 7) is 1.93. The molecule has 16 heavy (non-hydrogen) atoms. The molecule has 0 aliphatic heterocycles. The van der Waals surface area contributed by atoms with Gasteiger partial charge in [-0.15, -0.1) is 0 Å². The minimum absolute atomic E-state index is 0.0217. The molecule has 0 spiro atoms. The zero-order valence-electron chi connectivity index (χ0n) is 9.61. The Kier molecular flexibility index (Phi) is 3.64. The summed E-state index contributed by atoms with van der Waals surface area (Å²) < 4.78 is 0. The Labute approximate surface area is 96.0 Å². The molecule has 2 rings (SSSR count). The van der Waals surface area contributed by atoms with Crippen LogP contribution in [0, 0.1) is 6.92 Å².